The second kappa shape index (κ2) is 12.4. The maximum absolute atomic E-state index is 14.3. The Morgan fingerprint density at radius 3 is 1.80 bits per heavy atom. The molecule has 1 N–H and O–H groups in total. The van der Waals surface area contributed by atoms with Gasteiger partial charge in [-0.15, -0.1) is 0 Å². The number of hydrogen-bond donors (Lipinski definition) is 1. The van der Waals surface area contributed by atoms with Gasteiger partial charge in [0.25, 0.3) is 0 Å². The molecule has 2 aliphatic carbocycles. The van der Waals surface area contributed by atoms with E-state index in [2.05, 4.69) is 0 Å². The molecule has 1 saturated carbocycles. The number of carbonyl (C=O) groups excluding carboxylic acids is 4. The Labute approximate surface area is 293 Å². The van der Waals surface area contributed by atoms with Crippen LogP contribution in [0.2, 0.25) is 10.0 Å². The van der Waals surface area contributed by atoms with Crippen molar-refractivity contribution in [3.05, 3.63) is 93.0 Å². The van der Waals surface area contributed by atoms with Crippen molar-refractivity contribution in [3.63, 3.8) is 0 Å². The maximum Gasteiger partial charge on any atom is 0.238 e. The molecule has 7 rings (SSSR count). The third-order valence-corrected chi connectivity index (χ3v) is 11.3. The smallest absolute Gasteiger partial charge is 0.238 e. The van der Waals surface area contributed by atoms with Gasteiger partial charge < -0.3 is 14.6 Å². The van der Waals surface area contributed by atoms with Gasteiger partial charge in [0.1, 0.15) is 0 Å². The number of benzene rings is 3. The Kier molecular flexibility index (Phi) is 8.32. The number of aryl methyl sites for hydroxylation is 2. The average Bonchev–Trinajstić information content (AvgIpc) is 3.49. The number of rotatable bonds is 6. The Hall–Kier alpha value is -4.60. The standard InChI is InChI=1S/C38H34Cl2N2O7/c1-18-5-8-21(15-28(18)39)41-35(44)25-12-11-23-24(10-7-20-13-30(48-3)34(43)31(14-20)49-4)32-27(17-26(23)33(25)38(41)47)36(45)42(37(32)46)22-9-6-19(2)29(40)16-22/h5-11,13-16,24-27,32-33,43H,12,17H2,1-4H3. The Bertz CT molecular complexity index is 1980. The van der Waals surface area contributed by atoms with Crippen molar-refractivity contribution in [2.45, 2.75) is 26.7 Å². The summed E-state index contributed by atoms with van der Waals surface area (Å²) in [6.45, 7) is 3.69. The van der Waals surface area contributed by atoms with Crippen molar-refractivity contribution >= 4 is 64.3 Å². The molecule has 0 bridgehead atoms. The first-order chi connectivity index (χ1) is 23.4. The minimum absolute atomic E-state index is 0.145. The third kappa shape index (κ3) is 5.22. The van der Waals surface area contributed by atoms with Gasteiger partial charge in [0, 0.05) is 16.0 Å². The van der Waals surface area contributed by atoms with Gasteiger partial charge in [-0.1, -0.05) is 59.1 Å². The van der Waals surface area contributed by atoms with E-state index in [1.165, 1.54) is 24.0 Å². The molecular formula is C38H34Cl2N2O7. The first-order valence-corrected chi connectivity index (χ1v) is 16.8. The highest BCUT2D eigenvalue weighted by atomic mass is 35.5. The maximum atomic E-state index is 14.3. The molecule has 9 nitrogen and oxygen atoms in total. The van der Waals surface area contributed by atoms with Gasteiger partial charge in [-0.2, -0.15) is 0 Å². The number of amides is 4. The van der Waals surface area contributed by atoms with E-state index >= 15 is 0 Å². The number of aromatic hydroxyl groups is 1. The molecule has 3 aromatic carbocycles. The molecule has 6 unspecified atom stereocenters. The molecule has 2 aliphatic heterocycles. The van der Waals surface area contributed by atoms with E-state index in [1.807, 2.05) is 26.0 Å². The average molecular weight is 702 g/mol. The quantitative estimate of drug-likeness (QED) is 0.219. The van der Waals surface area contributed by atoms with Gasteiger partial charge >= 0.3 is 0 Å². The zero-order valence-electron chi connectivity index (χ0n) is 27.3. The largest absolute Gasteiger partial charge is 0.502 e. The number of ether oxygens (including phenoxy) is 2. The van der Waals surface area contributed by atoms with Crippen LogP contribution in [0.25, 0.3) is 6.08 Å². The van der Waals surface area contributed by atoms with Crippen LogP contribution in [0.1, 0.15) is 29.5 Å². The number of anilines is 2. The van der Waals surface area contributed by atoms with Gasteiger partial charge in [-0.05, 0) is 85.7 Å². The summed E-state index contributed by atoms with van der Waals surface area (Å²) >= 11 is 12.8. The van der Waals surface area contributed by atoms with Crippen molar-refractivity contribution in [1.29, 1.82) is 0 Å². The summed E-state index contributed by atoms with van der Waals surface area (Å²) in [4.78, 5) is 59.1. The second-order valence-electron chi connectivity index (χ2n) is 13.1. The minimum Gasteiger partial charge on any atom is -0.502 e. The fourth-order valence-corrected chi connectivity index (χ4v) is 8.37. The van der Waals surface area contributed by atoms with E-state index < -0.39 is 35.5 Å². The summed E-state index contributed by atoms with van der Waals surface area (Å²) in [5.74, 6) is -4.89. The fraction of sp³-hybridized carbons (Fsp3) is 0.316. The molecule has 2 saturated heterocycles. The number of imide groups is 2. The molecule has 4 amide bonds. The van der Waals surface area contributed by atoms with Crippen molar-refractivity contribution in [2.24, 2.45) is 35.5 Å². The van der Waals surface area contributed by atoms with Crippen LogP contribution in [0.3, 0.4) is 0 Å². The highest BCUT2D eigenvalue weighted by molar-refractivity contribution is 6.33. The zero-order valence-corrected chi connectivity index (χ0v) is 28.8. The minimum atomic E-state index is -0.747. The van der Waals surface area contributed by atoms with Crippen molar-refractivity contribution in [3.8, 4) is 17.2 Å². The topological polar surface area (TPSA) is 113 Å². The molecule has 6 atom stereocenters. The summed E-state index contributed by atoms with van der Waals surface area (Å²) in [5.41, 5.74) is 3.93. The zero-order chi connectivity index (χ0) is 34.9. The monoisotopic (exact) mass is 700 g/mol. The van der Waals surface area contributed by atoms with E-state index in [9.17, 15) is 24.3 Å². The number of phenolic OH excluding ortho intramolecular Hbond substituents is 1. The number of fused-ring (bicyclic) bond motifs is 4. The van der Waals surface area contributed by atoms with Gasteiger partial charge in [0.2, 0.25) is 29.4 Å². The molecule has 3 aromatic rings. The van der Waals surface area contributed by atoms with Crippen molar-refractivity contribution in [2.75, 3.05) is 24.0 Å². The first-order valence-electron chi connectivity index (χ1n) is 16.1. The lowest BCUT2D eigenvalue weighted by Gasteiger charge is -2.42. The van der Waals surface area contributed by atoms with Crippen molar-refractivity contribution < 1.29 is 33.8 Å². The molecule has 0 aromatic heterocycles. The lowest BCUT2D eigenvalue weighted by atomic mass is 9.58. The molecule has 0 radical (unpaired) electrons. The van der Waals surface area contributed by atoms with Crippen LogP contribution < -0.4 is 19.3 Å². The molecule has 49 heavy (non-hydrogen) atoms. The lowest BCUT2D eigenvalue weighted by Crippen LogP contribution is -2.43. The highest BCUT2D eigenvalue weighted by Crippen LogP contribution is 2.56. The van der Waals surface area contributed by atoms with Crippen molar-refractivity contribution in [1.82, 2.24) is 0 Å². The van der Waals surface area contributed by atoms with Gasteiger partial charge in [0.15, 0.2) is 11.5 Å². The summed E-state index contributed by atoms with van der Waals surface area (Å²) in [5, 5.41) is 11.3. The SMILES string of the molecule is COc1cc(C=CC2C3=CCC4C(=O)N(c5ccc(C)c(Cl)c5)C(=O)C4C3CC3C(=O)N(c4ccc(C)c(Cl)c4)C(=O)C23)cc(OC)c1O. The van der Waals surface area contributed by atoms with Crippen LogP contribution in [-0.2, 0) is 19.2 Å². The van der Waals surface area contributed by atoms with Crippen LogP contribution >= 0.6 is 23.2 Å². The predicted molar refractivity (Wildman–Crippen MR) is 186 cm³/mol. The van der Waals surface area contributed by atoms with Gasteiger partial charge in [-0.3, -0.25) is 19.2 Å². The molecular weight excluding hydrogens is 667 g/mol. The molecule has 4 aliphatic rings. The molecule has 2 heterocycles. The number of carbonyl (C=O) groups is 4. The normalized spacial score (nSPS) is 26.2. The number of methoxy groups -OCH3 is 2. The van der Waals surface area contributed by atoms with Crippen LogP contribution in [0.4, 0.5) is 11.4 Å². The van der Waals surface area contributed by atoms with E-state index in [-0.39, 0.29) is 47.3 Å². The van der Waals surface area contributed by atoms with E-state index in [0.717, 1.165) is 16.7 Å². The lowest BCUT2D eigenvalue weighted by molar-refractivity contribution is -0.126. The van der Waals surface area contributed by atoms with Crippen LogP contribution in [0.15, 0.2) is 66.3 Å². The molecule has 11 heteroatoms. The van der Waals surface area contributed by atoms with Gasteiger partial charge in [-0.25, -0.2) is 9.80 Å². The van der Waals surface area contributed by atoms with E-state index in [1.54, 1.807) is 54.6 Å². The molecule has 0 spiro atoms. The number of nitrogens with zero attached hydrogens (tertiary/aromatic N) is 2. The third-order valence-electron chi connectivity index (χ3n) is 10.5. The van der Waals surface area contributed by atoms with Gasteiger partial charge in [0.05, 0.1) is 49.3 Å². The van der Waals surface area contributed by atoms with E-state index in [4.69, 9.17) is 32.7 Å². The predicted octanol–water partition coefficient (Wildman–Crippen LogP) is 6.92. The number of phenols is 1. The number of hydrogen-bond acceptors (Lipinski definition) is 7. The fourth-order valence-electron chi connectivity index (χ4n) is 8.02. The summed E-state index contributed by atoms with van der Waals surface area (Å²) in [6, 6.07) is 13.5. The highest BCUT2D eigenvalue weighted by Gasteiger charge is 2.61. The Balaban J connectivity index is 1.31. The number of allylic oxidation sites excluding steroid dienone is 3. The Morgan fingerprint density at radius 1 is 0.735 bits per heavy atom. The summed E-state index contributed by atoms with van der Waals surface area (Å²) in [7, 11) is 2.87. The first kappa shape index (κ1) is 32.9. The summed E-state index contributed by atoms with van der Waals surface area (Å²) in [6.07, 6.45) is 6.21. The van der Waals surface area contributed by atoms with Crippen LogP contribution in [-0.4, -0.2) is 43.0 Å². The van der Waals surface area contributed by atoms with Crippen LogP contribution in [0, 0.1) is 49.4 Å². The molecule has 252 valence electrons. The van der Waals surface area contributed by atoms with Crippen LogP contribution in [0.5, 0.6) is 17.2 Å². The summed E-state index contributed by atoms with van der Waals surface area (Å²) < 4.78 is 10.7. The Morgan fingerprint density at radius 2 is 1.27 bits per heavy atom. The molecule has 3 fully saturated rings. The van der Waals surface area contributed by atoms with E-state index in [0.29, 0.717) is 33.4 Å². The number of halogens is 2. The second-order valence-corrected chi connectivity index (χ2v) is 13.9.